The summed E-state index contributed by atoms with van der Waals surface area (Å²) in [4.78, 5) is 23.6. The molecule has 0 saturated heterocycles. The van der Waals surface area contributed by atoms with E-state index >= 15 is 0 Å². The number of nitrogens with zero attached hydrogens (tertiary/aromatic N) is 2. The van der Waals surface area contributed by atoms with Gasteiger partial charge in [0.25, 0.3) is 5.91 Å². The molecule has 0 bridgehead atoms. The molecule has 0 spiro atoms. The highest BCUT2D eigenvalue weighted by atomic mass is 35.5. The highest BCUT2D eigenvalue weighted by Gasteiger charge is 2.27. The molecule has 7 heteroatoms. The molecule has 0 aromatic carbocycles. The molecule has 0 radical (unpaired) electrons. The van der Waals surface area contributed by atoms with Gasteiger partial charge < -0.3 is 10.4 Å². The Morgan fingerprint density at radius 1 is 1.33 bits per heavy atom. The monoisotopic (exact) mass is 315 g/mol. The Labute approximate surface area is 129 Å². The lowest BCUT2D eigenvalue weighted by atomic mass is 10.0. The van der Waals surface area contributed by atoms with Gasteiger partial charge in [0, 0.05) is 7.05 Å². The van der Waals surface area contributed by atoms with Gasteiger partial charge in [-0.1, -0.05) is 39.3 Å². The molecule has 1 rings (SSSR count). The van der Waals surface area contributed by atoms with Crippen LogP contribution >= 0.6 is 11.6 Å². The Morgan fingerprint density at radius 2 is 1.90 bits per heavy atom. The number of hydrogen-bond donors (Lipinski definition) is 2. The van der Waals surface area contributed by atoms with E-state index < -0.39 is 17.9 Å². The summed E-state index contributed by atoms with van der Waals surface area (Å²) >= 11 is 6.11. The minimum Gasteiger partial charge on any atom is -0.480 e. The second kappa shape index (κ2) is 6.93. The fourth-order valence-corrected chi connectivity index (χ4v) is 2.28. The van der Waals surface area contributed by atoms with Gasteiger partial charge in [-0.05, 0) is 18.3 Å². The third kappa shape index (κ3) is 4.20. The van der Waals surface area contributed by atoms with Gasteiger partial charge in [0.1, 0.15) is 11.2 Å². The van der Waals surface area contributed by atoms with Gasteiger partial charge in [0.2, 0.25) is 0 Å². The second-order valence-electron chi connectivity index (χ2n) is 5.82. The van der Waals surface area contributed by atoms with Crippen LogP contribution in [0.3, 0.4) is 0 Å². The third-order valence-corrected chi connectivity index (χ3v) is 3.52. The van der Waals surface area contributed by atoms with Crippen LogP contribution in [0.2, 0.25) is 5.15 Å². The first-order chi connectivity index (χ1) is 9.65. The number of hydrogen-bond acceptors (Lipinski definition) is 3. The summed E-state index contributed by atoms with van der Waals surface area (Å²) in [6.07, 6.45) is 0.357. The number of aromatic nitrogens is 2. The van der Waals surface area contributed by atoms with Gasteiger partial charge in [0.05, 0.1) is 11.3 Å². The number of carboxylic acid groups (broad SMARTS) is 1. The van der Waals surface area contributed by atoms with E-state index in [1.807, 2.05) is 27.7 Å². The van der Waals surface area contributed by atoms with Crippen molar-refractivity contribution in [2.75, 3.05) is 0 Å². The van der Waals surface area contributed by atoms with E-state index in [0.29, 0.717) is 12.1 Å². The van der Waals surface area contributed by atoms with E-state index in [-0.39, 0.29) is 22.6 Å². The molecule has 1 aromatic heterocycles. The number of carbonyl (C=O) groups excluding carboxylic acids is 1. The maximum Gasteiger partial charge on any atom is 0.326 e. The first-order valence-corrected chi connectivity index (χ1v) is 7.29. The van der Waals surface area contributed by atoms with Gasteiger partial charge >= 0.3 is 5.97 Å². The van der Waals surface area contributed by atoms with Crippen molar-refractivity contribution in [3.8, 4) is 0 Å². The molecule has 0 aliphatic heterocycles. The summed E-state index contributed by atoms with van der Waals surface area (Å²) < 4.78 is 1.42. The van der Waals surface area contributed by atoms with E-state index in [0.717, 1.165) is 0 Å². The largest absolute Gasteiger partial charge is 0.480 e. The molecule has 0 fully saturated rings. The Hall–Kier alpha value is -1.56. The Kier molecular flexibility index (Phi) is 5.78. The summed E-state index contributed by atoms with van der Waals surface area (Å²) in [5, 5.41) is 16.2. The quantitative estimate of drug-likeness (QED) is 0.844. The molecule has 1 heterocycles. The fraction of sp³-hybridized carbons (Fsp3) is 0.643. The molecule has 0 aliphatic rings. The number of carbonyl (C=O) groups is 2. The smallest absolute Gasteiger partial charge is 0.326 e. The summed E-state index contributed by atoms with van der Waals surface area (Å²) in [5.74, 6) is -1.38. The molecule has 118 valence electrons. The third-order valence-electron chi connectivity index (χ3n) is 3.09. The number of rotatable bonds is 6. The molecule has 6 nitrogen and oxygen atoms in total. The van der Waals surface area contributed by atoms with Crippen LogP contribution in [-0.2, 0) is 11.8 Å². The summed E-state index contributed by atoms with van der Waals surface area (Å²) in [6, 6.07) is -0.936. The van der Waals surface area contributed by atoms with Gasteiger partial charge in [-0.15, -0.1) is 0 Å². The normalized spacial score (nSPS) is 12.8. The molecule has 1 aromatic rings. The summed E-state index contributed by atoms with van der Waals surface area (Å²) in [7, 11) is 1.65. The standard InChI is InChI=1S/C14H22ClN3O3/c1-7(2)6-9(14(20)21)16-13(19)10-11(8(3)4)17-18(5)12(10)15/h7-9H,6H2,1-5H3,(H,16,19)(H,20,21)/t9-/m1/s1. The van der Waals surface area contributed by atoms with Gasteiger partial charge in [-0.25, -0.2) is 4.79 Å². The van der Waals surface area contributed by atoms with E-state index in [4.69, 9.17) is 11.6 Å². The van der Waals surface area contributed by atoms with E-state index in [2.05, 4.69) is 10.4 Å². The Bertz CT molecular complexity index is 538. The second-order valence-corrected chi connectivity index (χ2v) is 6.18. The molecule has 0 aliphatic carbocycles. The van der Waals surface area contributed by atoms with Crippen LogP contribution in [0.5, 0.6) is 0 Å². The van der Waals surface area contributed by atoms with Crippen LogP contribution in [0.25, 0.3) is 0 Å². The molecule has 1 atom stereocenters. The lowest BCUT2D eigenvalue weighted by Crippen LogP contribution is -2.42. The molecule has 1 amide bonds. The highest BCUT2D eigenvalue weighted by molar-refractivity contribution is 6.33. The van der Waals surface area contributed by atoms with Gasteiger partial charge in [-0.3, -0.25) is 9.48 Å². The van der Waals surface area contributed by atoms with Crippen LogP contribution < -0.4 is 5.32 Å². The zero-order valence-corrected chi connectivity index (χ0v) is 13.7. The maximum atomic E-state index is 12.4. The highest BCUT2D eigenvalue weighted by Crippen LogP contribution is 2.25. The predicted molar refractivity (Wildman–Crippen MR) is 80.7 cm³/mol. The first kappa shape index (κ1) is 17.5. The van der Waals surface area contributed by atoms with Crippen LogP contribution in [0, 0.1) is 5.92 Å². The van der Waals surface area contributed by atoms with Gasteiger partial charge in [-0.2, -0.15) is 5.10 Å². The number of halogens is 1. The Morgan fingerprint density at radius 3 is 2.33 bits per heavy atom. The SMILES string of the molecule is CC(C)C[C@@H](NC(=O)c1c(C(C)C)nn(C)c1Cl)C(=O)O. The van der Waals surface area contributed by atoms with Crippen LogP contribution in [-0.4, -0.2) is 32.8 Å². The minimum atomic E-state index is -1.05. The topological polar surface area (TPSA) is 84.2 Å². The number of carboxylic acids is 1. The zero-order chi connectivity index (χ0) is 16.3. The van der Waals surface area contributed by atoms with E-state index in [9.17, 15) is 14.7 Å². The van der Waals surface area contributed by atoms with Crippen molar-refractivity contribution >= 4 is 23.5 Å². The number of aliphatic carboxylic acids is 1. The molecule has 0 saturated carbocycles. The number of aryl methyl sites for hydroxylation is 1. The molecule has 2 N–H and O–H groups in total. The van der Waals surface area contributed by atoms with Crippen molar-refractivity contribution < 1.29 is 14.7 Å². The number of nitrogens with one attached hydrogen (secondary N) is 1. The lowest BCUT2D eigenvalue weighted by molar-refractivity contribution is -0.139. The van der Waals surface area contributed by atoms with Crippen molar-refractivity contribution in [2.24, 2.45) is 13.0 Å². The van der Waals surface area contributed by atoms with E-state index in [1.54, 1.807) is 7.05 Å². The van der Waals surface area contributed by atoms with Crippen molar-refractivity contribution in [3.05, 3.63) is 16.4 Å². The van der Waals surface area contributed by atoms with Crippen molar-refractivity contribution in [1.29, 1.82) is 0 Å². The van der Waals surface area contributed by atoms with Crippen LogP contribution in [0.1, 0.15) is 56.1 Å². The Balaban J connectivity index is 3.05. The van der Waals surface area contributed by atoms with Crippen molar-refractivity contribution in [3.63, 3.8) is 0 Å². The average molecular weight is 316 g/mol. The molecule has 0 unspecified atom stereocenters. The van der Waals surface area contributed by atoms with Crippen molar-refractivity contribution in [1.82, 2.24) is 15.1 Å². The zero-order valence-electron chi connectivity index (χ0n) is 13.0. The maximum absolute atomic E-state index is 12.4. The summed E-state index contributed by atoms with van der Waals surface area (Å²) in [6.45, 7) is 7.61. The molecular formula is C14H22ClN3O3. The molecule has 21 heavy (non-hydrogen) atoms. The lowest BCUT2D eigenvalue weighted by Gasteiger charge is -2.17. The average Bonchev–Trinajstić information content (AvgIpc) is 2.64. The predicted octanol–water partition coefficient (Wildman–Crippen LogP) is 2.43. The molecular weight excluding hydrogens is 294 g/mol. The van der Waals surface area contributed by atoms with Gasteiger partial charge in [0.15, 0.2) is 0 Å². The van der Waals surface area contributed by atoms with E-state index in [1.165, 1.54) is 4.68 Å². The number of amides is 1. The summed E-state index contributed by atoms with van der Waals surface area (Å²) in [5.41, 5.74) is 0.817. The first-order valence-electron chi connectivity index (χ1n) is 6.91. The van der Waals surface area contributed by atoms with Crippen LogP contribution in [0.4, 0.5) is 0 Å². The fourth-order valence-electron chi connectivity index (χ4n) is 2.06. The van der Waals surface area contributed by atoms with Crippen molar-refractivity contribution in [2.45, 2.75) is 46.1 Å². The van der Waals surface area contributed by atoms with Crippen LogP contribution in [0.15, 0.2) is 0 Å². The minimum absolute atomic E-state index is 0.0119.